The zero-order valence-electron chi connectivity index (χ0n) is 17.0. The van der Waals surface area contributed by atoms with Gasteiger partial charge >= 0.3 is 0 Å². The van der Waals surface area contributed by atoms with Crippen molar-refractivity contribution < 1.29 is 0 Å². The monoisotopic (exact) mass is 486 g/mol. The summed E-state index contributed by atoms with van der Waals surface area (Å²) in [5.74, 6) is 0.535. The number of nitrogens with zero attached hydrogens (tertiary/aromatic N) is 2. The van der Waals surface area contributed by atoms with E-state index in [1.54, 1.807) is 15.9 Å². The van der Waals surface area contributed by atoms with E-state index < -0.39 is 0 Å². The summed E-state index contributed by atoms with van der Waals surface area (Å²) in [5, 5.41) is 2.70. The number of aromatic nitrogens is 2. The van der Waals surface area contributed by atoms with Gasteiger partial charge in [-0.3, -0.25) is 9.36 Å². The number of hydrogen-bond acceptors (Lipinski definition) is 4. The normalized spacial score (nSPS) is 13.5. The SMILES string of the molecule is Cc1ccc(-n2c(SCc3c(Cl)cccc3Cl)nc3sc4c(c3c2=O)CCCC4)cc1. The molecule has 0 aliphatic heterocycles. The molecule has 0 unspecified atom stereocenters. The molecular weight excluding hydrogens is 467 g/mol. The topological polar surface area (TPSA) is 34.9 Å². The molecule has 2 aromatic heterocycles. The molecule has 0 spiro atoms. The van der Waals surface area contributed by atoms with Crippen LogP contribution in [-0.4, -0.2) is 9.55 Å². The van der Waals surface area contributed by atoms with Crippen molar-refractivity contribution in [3.63, 3.8) is 0 Å². The lowest BCUT2D eigenvalue weighted by atomic mass is 9.97. The van der Waals surface area contributed by atoms with Crippen LogP contribution < -0.4 is 5.56 Å². The molecule has 2 aromatic carbocycles. The van der Waals surface area contributed by atoms with Gasteiger partial charge < -0.3 is 0 Å². The van der Waals surface area contributed by atoms with Crippen LogP contribution >= 0.6 is 46.3 Å². The first kappa shape index (κ1) is 21.1. The Morgan fingerprint density at radius 3 is 2.52 bits per heavy atom. The van der Waals surface area contributed by atoms with Gasteiger partial charge in [-0.25, -0.2) is 4.98 Å². The smallest absolute Gasteiger partial charge is 0.267 e. The molecule has 4 aromatic rings. The van der Waals surface area contributed by atoms with Gasteiger partial charge in [0.15, 0.2) is 5.16 Å². The number of rotatable bonds is 4. The molecule has 158 valence electrons. The van der Waals surface area contributed by atoms with Gasteiger partial charge in [-0.1, -0.05) is 58.7 Å². The molecule has 0 N–H and O–H groups in total. The highest BCUT2D eigenvalue weighted by Crippen LogP contribution is 2.36. The Hall–Kier alpha value is -1.79. The number of halogens is 2. The van der Waals surface area contributed by atoms with Crippen LogP contribution in [0.5, 0.6) is 0 Å². The summed E-state index contributed by atoms with van der Waals surface area (Å²) in [4.78, 5) is 20.9. The average Bonchev–Trinajstić information content (AvgIpc) is 3.13. The number of thiophene rings is 1. The largest absolute Gasteiger partial charge is 0.268 e. The summed E-state index contributed by atoms with van der Waals surface area (Å²) in [6.45, 7) is 2.04. The van der Waals surface area contributed by atoms with Crippen molar-refractivity contribution in [3.8, 4) is 5.69 Å². The van der Waals surface area contributed by atoms with Gasteiger partial charge in [0.2, 0.25) is 0 Å². The van der Waals surface area contributed by atoms with E-state index in [0.717, 1.165) is 46.3 Å². The Bertz CT molecular complexity index is 1320. The fourth-order valence-electron chi connectivity index (χ4n) is 4.01. The summed E-state index contributed by atoms with van der Waals surface area (Å²) >= 11 is 15.9. The van der Waals surface area contributed by atoms with Crippen LogP contribution in [0, 0.1) is 6.92 Å². The number of hydrogen-bond donors (Lipinski definition) is 0. The Morgan fingerprint density at radius 2 is 1.77 bits per heavy atom. The van der Waals surface area contributed by atoms with Gasteiger partial charge in [0, 0.05) is 20.7 Å². The molecule has 0 saturated carbocycles. The zero-order chi connectivity index (χ0) is 21.5. The molecule has 1 aliphatic rings. The Kier molecular flexibility index (Phi) is 5.86. The minimum Gasteiger partial charge on any atom is -0.268 e. The van der Waals surface area contributed by atoms with Gasteiger partial charge in [0.05, 0.1) is 11.1 Å². The lowest BCUT2D eigenvalue weighted by Gasteiger charge is -2.14. The zero-order valence-corrected chi connectivity index (χ0v) is 20.1. The number of fused-ring (bicyclic) bond motifs is 3. The molecule has 31 heavy (non-hydrogen) atoms. The second kappa shape index (κ2) is 8.62. The first-order valence-electron chi connectivity index (χ1n) is 10.2. The average molecular weight is 487 g/mol. The van der Waals surface area contributed by atoms with Gasteiger partial charge in [-0.2, -0.15) is 0 Å². The second-order valence-electron chi connectivity index (χ2n) is 7.75. The van der Waals surface area contributed by atoms with Crippen molar-refractivity contribution in [2.24, 2.45) is 0 Å². The fraction of sp³-hybridized carbons (Fsp3) is 0.250. The first-order chi connectivity index (χ1) is 15.0. The maximum atomic E-state index is 13.8. The van der Waals surface area contributed by atoms with Crippen molar-refractivity contribution in [2.45, 2.75) is 43.5 Å². The van der Waals surface area contributed by atoms with Crippen molar-refractivity contribution in [1.82, 2.24) is 9.55 Å². The molecule has 0 fully saturated rings. The molecule has 0 amide bonds. The van der Waals surface area contributed by atoms with Crippen LogP contribution in [-0.2, 0) is 18.6 Å². The van der Waals surface area contributed by atoms with E-state index in [0.29, 0.717) is 21.0 Å². The quantitative estimate of drug-likeness (QED) is 0.225. The third-order valence-corrected chi connectivity index (χ3v) is 8.52. The Labute approximate surface area is 199 Å². The molecule has 1 aliphatic carbocycles. The highest BCUT2D eigenvalue weighted by molar-refractivity contribution is 7.98. The van der Waals surface area contributed by atoms with E-state index in [1.807, 2.05) is 49.4 Å². The molecule has 5 rings (SSSR count). The molecule has 0 saturated heterocycles. The van der Waals surface area contributed by atoms with Crippen LogP contribution in [0.1, 0.15) is 34.4 Å². The van der Waals surface area contributed by atoms with Crippen LogP contribution in [0.25, 0.3) is 15.9 Å². The molecule has 2 heterocycles. The van der Waals surface area contributed by atoms with Crippen LogP contribution in [0.15, 0.2) is 52.4 Å². The highest BCUT2D eigenvalue weighted by atomic mass is 35.5. The summed E-state index contributed by atoms with van der Waals surface area (Å²) in [6.07, 6.45) is 4.31. The van der Waals surface area contributed by atoms with Crippen molar-refractivity contribution in [2.75, 3.05) is 0 Å². The third kappa shape index (κ3) is 3.93. The molecule has 3 nitrogen and oxygen atoms in total. The molecule has 0 radical (unpaired) electrons. The molecular formula is C24H20Cl2N2OS2. The minimum atomic E-state index is 0.0148. The Balaban J connectivity index is 1.67. The fourth-order valence-corrected chi connectivity index (χ4v) is 7.07. The van der Waals surface area contributed by atoms with Gasteiger partial charge in [-0.05, 0) is 68.0 Å². The van der Waals surface area contributed by atoms with Crippen LogP contribution in [0.4, 0.5) is 0 Å². The van der Waals surface area contributed by atoms with Crippen LogP contribution in [0.3, 0.4) is 0 Å². The van der Waals surface area contributed by atoms with E-state index in [-0.39, 0.29) is 5.56 Å². The van der Waals surface area contributed by atoms with Gasteiger partial charge in [0.1, 0.15) is 4.83 Å². The van der Waals surface area contributed by atoms with E-state index in [2.05, 4.69) is 0 Å². The number of thioether (sulfide) groups is 1. The number of benzene rings is 2. The summed E-state index contributed by atoms with van der Waals surface area (Å²) in [5.41, 5.74) is 4.05. The minimum absolute atomic E-state index is 0.0148. The van der Waals surface area contributed by atoms with Gasteiger partial charge in [-0.15, -0.1) is 11.3 Å². The molecule has 7 heteroatoms. The van der Waals surface area contributed by atoms with E-state index in [4.69, 9.17) is 28.2 Å². The van der Waals surface area contributed by atoms with Crippen molar-refractivity contribution >= 4 is 56.5 Å². The standard InChI is InChI=1S/C24H20Cl2N2OS2/c1-14-9-11-15(12-10-14)28-23(29)21-16-5-2-3-8-20(16)31-22(21)27-24(28)30-13-17-18(25)6-4-7-19(17)26/h4,6-7,9-12H,2-3,5,8,13H2,1H3. The molecule has 0 atom stereocenters. The van der Waals surface area contributed by atoms with Gasteiger partial charge in [0.25, 0.3) is 5.56 Å². The Morgan fingerprint density at radius 1 is 1.06 bits per heavy atom. The van der Waals surface area contributed by atoms with Crippen molar-refractivity contribution in [1.29, 1.82) is 0 Å². The lowest BCUT2D eigenvalue weighted by Crippen LogP contribution is -2.22. The summed E-state index contributed by atoms with van der Waals surface area (Å²) < 4.78 is 1.75. The van der Waals surface area contributed by atoms with Crippen molar-refractivity contribution in [3.05, 3.63) is 84.4 Å². The summed E-state index contributed by atoms with van der Waals surface area (Å²) in [7, 11) is 0. The van der Waals surface area contributed by atoms with E-state index in [9.17, 15) is 4.79 Å². The summed E-state index contributed by atoms with van der Waals surface area (Å²) in [6, 6.07) is 13.5. The highest BCUT2D eigenvalue weighted by Gasteiger charge is 2.23. The molecule has 0 bridgehead atoms. The van der Waals surface area contributed by atoms with Crippen LogP contribution in [0.2, 0.25) is 10.0 Å². The maximum Gasteiger partial charge on any atom is 0.267 e. The predicted molar refractivity (Wildman–Crippen MR) is 133 cm³/mol. The lowest BCUT2D eigenvalue weighted by molar-refractivity contribution is 0.699. The van der Waals surface area contributed by atoms with E-state index in [1.165, 1.54) is 28.6 Å². The maximum absolute atomic E-state index is 13.8. The second-order valence-corrected chi connectivity index (χ2v) is 10.6. The number of aryl methyl sites for hydroxylation is 3. The van der Waals surface area contributed by atoms with E-state index >= 15 is 0 Å². The first-order valence-corrected chi connectivity index (χ1v) is 12.8. The predicted octanol–water partition coefficient (Wildman–Crippen LogP) is 7.23. The third-order valence-electron chi connectivity index (χ3n) is 5.66.